The van der Waals surface area contributed by atoms with Crippen molar-refractivity contribution in [2.75, 3.05) is 38.8 Å². The molecule has 2 aliphatic heterocycles. The lowest BCUT2D eigenvalue weighted by atomic mass is 9.87. The fraction of sp³-hybridized carbons (Fsp3) is 0.296. The summed E-state index contributed by atoms with van der Waals surface area (Å²) in [4.78, 5) is 17.7. The summed E-state index contributed by atoms with van der Waals surface area (Å²) >= 11 is 0. The maximum absolute atomic E-state index is 13.4. The summed E-state index contributed by atoms with van der Waals surface area (Å²) in [5.41, 5.74) is 5.90. The van der Waals surface area contributed by atoms with Crippen LogP contribution >= 0.6 is 0 Å². The molecule has 0 fully saturated rings. The molecule has 1 atom stereocenters. The number of nitrogens with zero attached hydrogens (tertiary/aromatic N) is 2. The minimum atomic E-state index is -0.0125. The van der Waals surface area contributed by atoms with Crippen molar-refractivity contribution in [2.45, 2.75) is 18.9 Å². The van der Waals surface area contributed by atoms with Crippen LogP contribution in [0.15, 0.2) is 66.7 Å². The van der Waals surface area contributed by atoms with E-state index in [0.717, 1.165) is 37.4 Å². The second-order valence-electron chi connectivity index (χ2n) is 8.36. The average molecular weight is 429 g/mol. The Morgan fingerprint density at radius 3 is 2.34 bits per heavy atom. The van der Waals surface area contributed by atoms with Gasteiger partial charge in [0.2, 0.25) is 5.91 Å². The molecular formula is C27H28N2O3. The highest BCUT2D eigenvalue weighted by atomic mass is 16.5. The SMILES string of the molecule is COc1cc2c(cc1OC)[C@@H](c1ccccc1)N(CC(=O)N1CCc3ccccc31)CC2. The van der Waals surface area contributed by atoms with Gasteiger partial charge in [-0.3, -0.25) is 9.69 Å². The van der Waals surface area contributed by atoms with Gasteiger partial charge in [-0.2, -0.15) is 0 Å². The van der Waals surface area contributed by atoms with E-state index in [2.05, 4.69) is 53.4 Å². The first kappa shape index (κ1) is 20.6. The van der Waals surface area contributed by atoms with E-state index >= 15 is 0 Å². The number of methoxy groups -OCH3 is 2. The van der Waals surface area contributed by atoms with Gasteiger partial charge in [0.15, 0.2) is 11.5 Å². The zero-order valence-electron chi connectivity index (χ0n) is 18.6. The standard InChI is InChI=1S/C27H28N2O3/c1-31-24-16-21-12-14-28(18-26(30)29-15-13-19-8-6-7-11-23(19)29)27(20-9-4-3-5-10-20)22(21)17-25(24)32-2/h3-11,16-17,27H,12-15,18H2,1-2H3/t27-/m1/s1. The Hall–Kier alpha value is -3.31. The highest BCUT2D eigenvalue weighted by Gasteiger charge is 2.33. The Morgan fingerprint density at radius 2 is 1.56 bits per heavy atom. The predicted octanol–water partition coefficient (Wildman–Crippen LogP) is 4.24. The fourth-order valence-corrected chi connectivity index (χ4v) is 5.05. The van der Waals surface area contributed by atoms with Gasteiger partial charge in [0.25, 0.3) is 0 Å². The van der Waals surface area contributed by atoms with E-state index in [1.54, 1.807) is 14.2 Å². The van der Waals surface area contributed by atoms with Crippen LogP contribution in [0.5, 0.6) is 11.5 Å². The monoisotopic (exact) mass is 428 g/mol. The van der Waals surface area contributed by atoms with Gasteiger partial charge in [0.05, 0.1) is 26.8 Å². The maximum Gasteiger partial charge on any atom is 0.241 e. The van der Waals surface area contributed by atoms with E-state index in [1.807, 2.05) is 23.1 Å². The normalized spacial score (nSPS) is 17.6. The number of carbonyl (C=O) groups is 1. The minimum absolute atomic E-state index is 0.0125. The number of para-hydroxylation sites is 1. The average Bonchev–Trinajstić information content (AvgIpc) is 3.28. The number of ether oxygens (including phenoxy) is 2. The van der Waals surface area contributed by atoms with Crippen LogP contribution < -0.4 is 14.4 Å². The number of carbonyl (C=O) groups excluding carboxylic acids is 1. The highest BCUT2D eigenvalue weighted by molar-refractivity contribution is 5.96. The van der Waals surface area contributed by atoms with E-state index in [-0.39, 0.29) is 11.9 Å². The van der Waals surface area contributed by atoms with Crippen LogP contribution in [0.25, 0.3) is 0 Å². The number of hydrogen-bond acceptors (Lipinski definition) is 4. The molecule has 1 amide bonds. The van der Waals surface area contributed by atoms with Crippen molar-refractivity contribution >= 4 is 11.6 Å². The van der Waals surface area contributed by atoms with Gasteiger partial charge >= 0.3 is 0 Å². The van der Waals surface area contributed by atoms with E-state index in [0.29, 0.717) is 12.3 Å². The smallest absolute Gasteiger partial charge is 0.241 e. The summed E-state index contributed by atoms with van der Waals surface area (Å²) in [5, 5.41) is 0. The van der Waals surface area contributed by atoms with Crippen molar-refractivity contribution in [3.8, 4) is 11.5 Å². The molecule has 0 bridgehead atoms. The summed E-state index contributed by atoms with van der Waals surface area (Å²) in [6, 6.07) is 22.8. The van der Waals surface area contributed by atoms with Gasteiger partial charge in [-0.05, 0) is 53.3 Å². The summed E-state index contributed by atoms with van der Waals surface area (Å²) in [6.45, 7) is 1.94. The number of benzene rings is 3. The number of anilines is 1. The van der Waals surface area contributed by atoms with Crippen LogP contribution in [-0.4, -0.2) is 44.7 Å². The van der Waals surface area contributed by atoms with Crippen molar-refractivity contribution in [2.24, 2.45) is 0 Å². The molecule has 0 saturated carbocycles. The summed E-state index contributed by atoms with van der Waals surface area (Å²) in [7, 11) is 3.33. The van der Waals surface area contributed by atoms with Crippen LogP contribution in [0.4, 0.5) is 5.69 Å². The number of rotatable bonds is 5. The lowest BCUT2D eigenvalue weighted by molar-refractivity contribution is -0.120. The molecule has 2 heterocycles. The first-order valence-electron chi connectivity index (χ1n) is 11.1. The van der Waals surface area contributed by atoms with E-state index in [1.165, 1.54) is 22.3 Å². The summed E-state index contributed by atoms with van der Waals surface area (Å²) in [5.74, 6) is 1.62. The summed E-state index contributed by atoms with van der Waals surface area (Å²) < 4.78 is 11.1. The largest absolute Gasteiger partial charge is 0.493 e. The van der Waals surface area contributed by atoms with Crippen LogP contribution in [0.1, 0.15) is 28.3 Å². The molecule has 0 saturated heterocycles. The molecule has 0 N–H and O–H groups in total. The van der Waals surface area contributed by atoms with Gasteiger partial charge in [-0.1, -0.05) is 48.5 Å². The molecule has 0 aliphatic carbocycles. The van der Waals surface area contributed by atoms with Gasteiger partial charge in [0.1, 0.15) is 0 Å². The zero-order chi connectivity index (χ0) is 22.1. The molecule has 0 aromatic heterocycles. The first-order chi connectivity index (χ1) is 15.7. The second kappa shape index (κ2) is 8.67. The van der Waals surface area contributed by atoms with Crippen LogP contribution in [-0.2, 0) is 17.6 Å². The number of amides is 1. The predicted molar refractivity (Wildman–Crippen MR) is 126 cm³/mol. The molecule has 0 unspecified atom stereocenters. The molecule has 5 nitrogen and oxygen atoms in total. The quantitative estimate of drug-likeness (QED) is 0.610. The molecule has 0 spiro atoms. The molecule has 5 rings (SSSR count). The first-order valence-corrected chi connectivity index (χ1v) is 11.1. The third kappa shape index (κ3) is 3.63. The lowest BCUT2D eigenvalue weighted by Gasteiger charge is -2.38. The Morgan fingerprint density at radius 1 is 0.875 bits per heavy atom. The minimum Gasteiger partial charge on any atom is -0.493 e. The van der Waals surface area contributed by atoms with E-state index in [4.69, 9.17) is 9.47 Å². The maximum atomic E-state index is 13.4. The molecular weight excluding hydrogens is 400 g/mol. The Kier molecular flexibility index (Phi) is 5.58. The van der Waals surface area contributed by atoms with Crippen molar-refractivity contribution in [3.05, 3.63) is 89.0 Å². The Labute approximate surface area is 189 Å². The highest BCUT2D eigenvalue weighted by Crippen LogP contribution is 2.41. The van der Waals surface area contributed by atoms with Crippen LogP contribution in [0.2, 0.25) is 0 Å². The van der Waals surface area contributed by atoms with Gasteiger partial charge in [-0.15, -0.1) is 0 Å². The van der Waals surface area contributed by atoms with Crippen LogP contribution in [0.3, 0.4) is 0 Å². The third-order valence-corrected chi connectivity index (χ3v) is 6.62. The van der Waals surface area contributed by atoms with E-state index < -0.39 is 0 Å². The number of fused-ring (bicyclic) bond motifs is 2. The van der Waals surface area contributed by atoms with Crippen molar-refractivity contribution in [1.29, 1.82) is 0 Å². The third-order valence-electron chi connectivity index (χ3n) is 6.62. The van der Waals surface area contributed by atoms with Gasteiger partial charge in [0, 0.05) is 18.8 Å². The van der Waals surface area contributed by atoms with Gasteiger partial charge < -0.3 is 14.4 Å². The molecule has 5 heteroatoms. The van der Waals surface area contributed by atoms with E-state index in [9.17, 15) is 4.79 Å². The molecule has 164 valence electrons. The van der Waals surface area contributed by atoms with Crippen molar-refractivity contribution in [3.63, 3.8) is 0 Å². The van der Waals surface area contributed by atoms with Crippen molar-refractivity contribution < 1.29 is 14.3 Å². The zero-order valence-corrected chi connectivity index (χ0v) is 18.6. The summed E-state index contributed by atoms with van der Waals surface area (Å²) in [6.07, 6.45) is 1.78. The van der Waals surface area contributed by atoms with Crippen LogP contribution in [0, 0.1) is 0 Å². The Bertz CT molecular complexity index is 1130. The molecule has 2 aliphatic rings. The number of hydrogen-bond donors (Lipinski definition) is 0. The fourth-order valence-electron chi connectivity index (χ4n) is 5.05. The van der Waals surface area contributed by atoms with Gasteiger partial charge in [-0.25, -0.2) is 0 Å². The molecule has 3 aromatic carbocycles. The molecule has 32 heavy (non-hydrogen) atoms. The molecule has 3 aromatic rings. The van der Waals surface area contributed by atoms with Crippen molar-refractivity contribution in [1.82, 2.24) is 4.90 Å². The second-order valence-corrected chi connectivity index (χ2v) is 8.36. The molecule has 0 radical (unpaired) electrons. The Balaban J connectivity index is 1.49. The lowest BCUT2D eigenvalue weighted by Crippen LogP contribution is -2.44. The topological polar surface area (TPSA) is 42.0 Å².